The number of esters is 1. The molecule has 11 rings (SSSR count). The second-order valence-electron chi connectivity index (χ2n) is 37.8. The number of hydrogen-bond acceptors (Lipinski definition) is 15. The number of rotatable bonds is 27. The maximum Gasteiger partial charge on any atom is 0.306 e. The van der Waals surface area contributed by atoms with Gasteiger partial charge in [0.25, 0.3) is 5.92 Å². The molecule has 11 heterocycles. The van der Waals surface area contributed by atoms with E-state index in [4.69, 9.17) is 18.9 Å². The first-order valence-electron chi connectivity index (χ1n) is 44.2. The van der Waals surface area contributed by atoms with Crippen molar-refractivity contribution in [1.82, 2.24) is 69.4 Å². The fourth-order valence-corrected chi connectivity index (χ4v) is 13.2. The molecule has 7 aliphatic rings. The van der Waals surface area contributed by atoms with Gasteiger partial charge in [-0.25, -0.2) is 8.78 Å². The Balaban J connectivity index is 0.000000622. The summed E-state index contributed by atoms with van der Waals surface area (Å²) in [6, 6.07) is 4.08. The molecule has 20 nitrogen and oxygen atoms in total. The van der Waals surface area contributed by atoms with Crippen molar-refractivity contribution in [2.24, 2.45) is 85.1 Å². The lowest BCUT2D eigenvalue weighted by Crippen LogP contribution is -2.56. The first kappa shape index (κ1) is 106. The van der Waals surface area contributed by atoms with E-state index in [2.05, 4.69) is 229 Å². The number of ether oxygens (including phenoxy) is 4. The maximum atomic E-state index is 12.3. The van der Waals surface area contributed by atoms with Crippen LogP contribution in [0.15, 0.2) is 49.3 Å². The van der Waals surface area contributed by atoms with Crippen molar-refractivity contribution in [3.05, 3.63) is 71.8 Å². The number of nitrogens with zero attached hydrogens (tertiary/aromatic N) is 12. The van der Waals surface area contributed by atoms with E-state index in [-0.39, 0.29) is 37.2 Å². The number of likely N-dealkylation sites (tertiary alicyclic amines) is 4. The number of hydrogen-bond donors (Lipinski definition) is 2. The summed E-state index contributed by atoms with van der Waals surface area (Å²) >= 11 is 0. The summed E-state index contributed by atoms with van der Waals surface area (Å²) in [5.41, 5.74) is 5.05. The van der Waals surface area contributed by atoms with Crippen LogP contribution in [0.2, 0.25) is 0 Å². The molecule has 4 aromatic heterocycles. The van der Waals surface area contributed by atoms with Gasteiger partial charge in [-0.1, -0.05) is 159 Å². The van der Waals surface area contributed by atoms with E-state index in [9.17, 15) is 18.4 Å². The molecule has 3 atom stereocenters. The van der Waals surface area contributed by atoms with Crippen molar-refractivity contribution in [3.8, 4) is 0 Å². The fraction of sp³-hybridized carbons (Fsp3) is 0.846. The van der Waals surface area contributed by atoms with E-state index in [1.54, 1.807) is 25.1 Å². The monoisotopic (exact) mass is 1600 g/mol. The minimum Gasteiger partial charge on any atom is -0.462 e. The highest BCUT2D eigenvalue weighted by atomic mass is 19.3. The Morgan fingerprint density at radius 2 is 1.05 bits per heavy atom. The van der Waals surface area contributed by atoms with E-state index in [1.807, 2.05) is 59.2 Å². The highest BCUT2D eigenvalue weighted by molar-refractivity contribution is 5.73. The molecule has 7 aliphatic heterocycles. The van der Waals surface area contributed by atoms with E-state index < -0.39 is 5.92 Å². The Kier molecular flexibility index (Phi) is 57.2. The Labute approximate surface area is 690 Å². The number of halogens is 2. The predicted molar refractivity (Wildman–Crippen MR) is 468 cm³/mol. The molecule has 3 unspecified atom stereocenters. The first-order valence-corrected chi connectivity index (χ1v) is 44.2. The molecule has 2 N–H and O–H groups in total. The summed E-state index contributed by atoms with van der Waals surface area (Å²) in [6.45, 7) is 70.3. The maximum absolute atomic E-state index is 12.3. The number of aryl methyl sites for hydroxylation is 2. The number of nitrogens with one attached hydrogen (secondary N) is 2. The van der Waals surface area contributed by atoms with Gasteiger partial charge in [0.2, 0.25) is 5.91 Å². The number of aromatic nitrogens is 8. The number of morpholine rings is 2. The zero-order valence-corrected chi connectivity index (χ0v) is 77.6. The Bertz CT molecular complexity index is 2770. The summed E-state index contributed by atoms with van der Waals surface area (Å²) in [4.78, 5) is 35.3. The van der Waals surface area contributed by atoms with Crippen molar-refractivity contribution in [2.75, 3.05) is 132 Å². The molecule has 0 saturated carbocycles. The van der Waals surface area contributed by atoms with Crippen molar-refractivity contribution < 1.29 is 37.3 Å². The minimum atomic E-state index is -2.39. The summed E-state index contributed by atoms with van der Waals surface area (Å²) in [5.74, 6) is 6.81. The molecular weight excluding hydrogens is 1420 g/mol. The van der Waals surface area contributed by atoms with Crippen LogP contribution in [0, 0.1) is 71.0 Å². The number of carbonyl (C=O) groups excluding carboxylic acids is 2. The molecular formula is C91H174F2N14O6. The average Bonchev–Trinajstić information content (AvgIpc) is 1.41. The second kappa shape index (κ2) is 60.7. The van der Waals surface area contributed by atoms with E-state index in [1.165, 1.54) is 100 Å². The van der Waals surface area contributed by atoms with Gasteiger partial charge in [-0.3, -0.25) is 38.9 Å². The second-order valence-corrected chi connectivity index (χ2v) is 37.8. The van der Waals surface area contributed by atoms with E-state index in [0.717, 1.165) is 145 Å². The third-order valence-corrected chi connectivity index (χ3v) is 19.6. The lowest BCUT2D eigenvalue weighted by Gasteiger charge is -2.38. The number of likely N-dealkylation sites (N-methyl/N-ethyl adjacent to an activating group) is 1. The Morgan fingerprint density at radius 1 is 0.558 bits per heavy atom. The molecule has 113 heavy (non-hydrogen) atoms. The van der Waals surface area contributed by atoms with Gasteiger partial charge in [-0.05, 0) is 224 Å². The molecule has 7 saturated heterocycles. The van der Waals surface area contributed by atoms with Crippen LogP contribution in [0.3, 0.4) is 0 Å². The van der Waals surface area contributed by atoms with E-state index in [0.29, 0.717) is 54.8 Å². The van der Waals surface area contributed by atoms with Gasteiger partial charge in [0, 0.05) is 117 Å². The molecule has 0 bridgehead atoms. The van der Waals surface area contributed by atoms with Crippen molar-refractivity contribution in [1.29, 1.82) is 0 Å². The molecule has 22 heteroatoms. The standard InChI is InChI=1S/C10H19NO2.2C9H19NO.C9H19N.C8H15F2N.2C8H14N2.C8H17N.C8H14O2.2C7H12N2/c1-8(2)6-10-7-11(9(3)12)4-5-13-10;1-8(2)6-9-7-10(3)4-5-11-9;1-8(2)4-5-10-6-9(7-10)11-3;1-8(2)4-5-10-6-9(3)7-10;1-7(2)3-4-11-5-8(9,10)6-11;1-7(2)4-8-5-9-10(3)6-8;1-7(2)6-8-4-5-10(3)9-8;1-8(2)4-7-9-5-3-6-9;1-6(2)5-7-3-4-8(9)10-7;1-6(2)3-7-4-8-9-5-7;1-6(2)5-7-3-4-8-9-7/h8,10H,4-7H2,1-3H3;2*8-9H,4-7H2,1-3H3;8-9H,4-7H2,1-3H3;7H,3-6H2,1-2H3;5-7H,4H2,1-3H3;4-5,7H,6H2,1-3H3;8H,3-7H2,1-2H3;6-7H,3-5H2,1-2H3;4-6H,3H2,1-2H3,(H,8,9);3-4,6H,5H2,1-2H3,(H,8,9). The molecule has 4 aromatic rings. The van der Waals surface area contributed by atoms with Crippen LogP contribution in [0.5, 0.6) is 0 Å². The highest BCUT2D eigenvalue weighted by Gasteiger charge is 2.43. The van der Waals surface area contributed by atoms with Gasteiger partial charge in [0.15, 0.2) is 0 Å². The van der Waals surface area contributed by atoms with Crippen LogP contribution in [-0.4, -0.2) is 244 Å². The van der Waals surface area contributed by atoms with Gasteiger partial charge in [0.1, 0.15) is 6.10 Å². The van der Waals surface area contributed by atoms with Crippen molar-refractivity contribution in [2.45, 2.75) is 286 Å². The number of amides is 1. The smallest absolute Gasteiger partial charge is 0.306 e. The molecule has 0 radical (unpaired) electrons. The molecule has 0 spiro atoms. The summed E-state index contributed by atoms with van der Waals surface area (Å²) in [5, 5.41) is 21.8. The zero-order valence-electron chi connectivity index (χ0n) is 77.6. The summed E-state index contributed by atoms with van der Waals surface area (Å²) < 4.78 is 49.6. The van der Waals surface area contributed by atoms with Gasteiger partial charge in [-0.2, -0.15) is 20.4 Å². The Hall–Kier alpha value is -4.68. The zero-order chi connectivity index (χ0) is 85.2. The van der Waals surface area contributed by atoms with Crippen LogP contribution in [-0.2, 0) is 68.3 Å². The molecule has 7 fully saturated rings. The number of aromatic amines is 2. The molecule has 0 aliphatic carbocycles. The largest absolute Gasteiger partial charge is 0.462 e. The quantitative estimate of drug-likeness (QED) is 0.0537. The topological polar surface area (TPSA) is 183 Å². The molecule has 0 aromatic carbocycles. The highest BCUT2D eigenvalue weighted by Crippen LogP contribution is 2.27. The summed E-state index contributed by atoms with van der Waals surface area (Å²) in [6.07, 6.45) is 28.8. The number of cyclic esters (lactones) is 1. The number of alkyl halides is 2. The normalized spacial score (nSPS) is 19.1. The molecule has 658 valence electrons. The third-order valence-electron chi connectivity index (χ3n) is 19.6. The summed E-state index contributed by atoms with van der Waals surface area (Å²) in [7, 11) is 7.86. The van der Waals surface area contributed by atoms with Crippen LogP contribution in [0.4, 0.5) is 8.78 Å². The first-order chi connectivity index (χ1) is 53.1. The van der Waals surface area contributed by atoms with Crippen LogP contribution in [0.25, 0.3) is 0 Å². The minimum absolute atomic E-state index is 0.0225. The predicted octanol–water partition coefficient (Wildman–Crippen LogP) is 17.9. The Morgan fingerprint density at radius 3 is 1.43 bits per heavy atom. The lowest BCUT2D eigenvalue weighted by molar-refractivity contribution is -0.142. The lowest BCUT2D eigenvalue weighted by atomic mass is 10.0. The van der Waals surface area contributed by atoms with Crippen LogP contribution in [0.1, 0.15) is 253 Å². The third kappa shape index (κ3) is 58.8. The van der Waals surface area contributed by atoms with Gasteiger partial charge in [0.05, 0.1) is 62.7 Å². The fourth-order valence-electron chi connectivity index (χ4n) is 13.2. The van der Waals surface area contributed by atoms with Gasteiger partial charge < -0.3 is 38.5 Å². The van der Waals surface area contributed by atoms with Gasteiger partial charge in [-0.15, -0.1) is 0 Å². The molecule has 1 amide bonds. The number of methoxy groups -OCH3 is 1. The SMILES string of the molecule is CC(=O)N1CCOC(CC(C)C)C1.CC(C)CC1CCC(=O)O1.CC(C)CC1CN(C)CCO1.CC(C)CCN1CC(C)C1.CC(C)CCN1CC(F)(F)C1.CC(C)CCN1CCC1.CC(C)Cc1ccn(C)n1.CC(C)Cc1ccn[nH]1.CC(C)Cc1cn[nH]c1.CC(C)Cc1cnn(C)c1.COC1CN(CCC(C)C)C1. The number of H-pyrrole nitrogens is 2. The van der Waals surface area contributed by atoms with E-state index >= 15 is 0 Å². The van der Waals surface area contributed by atoms with Crippen molar-refractivity contribution >= 4 is 11.9 Å². The van der Waals surface area contributed by atoms with Crippen molar-refractivity contribution in [3.63, 3.8) is 0 Å². The van der Waals surface area contributed by atoms with Crippen LogP contribution >= 0.6 is 0 Å². The van der Waals surface area contributed by atoms with Gasteiger partial charge >= 0.3 is 5.97 Å². The van der Waals surface area contributed by atoms with Crippen LogP contribution < -0.4 is 0 Å². The number of carbonyl (C=O) groups is 2. The average molecular weight is 1600 g/mol.